The van der Waals surface area contributed by atoms with Crippen LogP contribution in [0.4, 0.5) is 16.5 Å². The second-order valence-electron chi connectivity index (χ2n) is 6.57. The monoisotopic (exact) mass is 451 g/mol. The molecule has 0 aliphatic rings. The van der Waals surface area contributed by atoms with Gasteiger partial charge in [-0.25, -0.2) is 4.98 Å². The highest BCUT2D eigenvalue weighted by Crippen LogP contribution is 2.36. The zero-order chi connectivity index (χ0) is 21.4. The number of H-pyrrole nitrogens is 1. The van der Waals surface area contributed by atoms with Crippen LogP contribution in [-0.2, 0) is 4.79 Å². The maximum Gasteiger partial charge on any atom is 0.227 e. The minimum atomic E-state index is -0.200. The quantitative estimate of drug-likeness (QED) is 0.340. The van der Waals surface area contributed by atoms with Crippen molar-refractivity contribution in [2.75, 3.05) is 10.6 Å². The maximum absolute atomic E-state index is 11.7. The molecule has 3 aromatic heterocycles. The van der Waals surface area contributed by atoms with E-state index in [2.05, 4.69) is 36.0 Å². The number of carbonyl (C=O) groups is 1. The molecule has 0 fully saturated rings. The summed E-state index contributed by atoms with van der Waals surface area (Å²) in [7, 11) is 0. The van der Waals surface area contributed by atoms with Crippen LogP contribution in [0.2, 0.25) is 5.02 Å². The van der Waals surface area contributed by atoms with Gasteiger partial charge in [-0.3, -0.25) is 9.89 Å². The third-order valence-electron chi connectivity index (χ3n) is 4.46. The second-order valence-corrected chi connectivity index (χ2v) is 7.93. The normalized spacial score (nSPS) is 11.0. The molecule has 3 N–H and O–H groups in total. The number of amides is 1. The Labute approximate surface area is 184 Å². The van der Waals surface area contributed by atoms with E-state index >= 15 is 0 Å². The van der Waals surface area contributed by atoms with Crippen LogP contribution in [0.15, 0.2) is 53.4 Å². The highest BCUT2D eigenvalue weighted by Gasteiger charge is 2.15. The van der Waals surface area contributed by atoms with E-state index < -0.39 is 0 Å². The van der Waals surface area contributed by atoms with Crippen molar-refractivity contribution >= 4 is 56.3 Å². The zero-order valence-electron chi connectivity index (χ0n) is 16.0. The van der Waals surface area contributed by atoms with Gasteiger partial charge in [-0.15, -0.1) is 10.2 Å². The van der Waals surface area contributed by atoms with Crippen molar-refractivity contribution in [3.63, 3.8) is 0 Å². The van der Waals surface area contributed by atoms with Gasteiger partial charge in [0.05, 0.1) is 39.9 Å². The summed E-state index contributed by atoms with van der Waals surface area (Å²) in [5, 5.41) is 24.0. The van der Waals surface area contributed by atoms with E-state index in [1.54, 1.807) is 12.4 Å². The number of anilines is 3. The van der Waals surface area contributed by atoms with E-state index in [1.807, 2.05) is 30.3 Å². The van der Waals surface area contributed by atoms with E-state index in [0.717, 1.165) is 16.5 Å². The molecule has 0 saturated heterocycles. The predicted molar refractivity (Wildman–Crippen MR) is 120 cm³/mol. The lowest BCUT2D eigenvalue weighted by Gasteiger charge is -2.09. The molecular weight excluding hydrogens is 438 g/mol. The molecule has 0 aliphatic carbocycles. The fourth-order valence-electron chi connectivity index (χ4n) is 3.10. The molecule has 11 heteroatoms. The molecular formula is C20H14ClN7O2S. The first-order valence-corrected chi connectivity index (χ1v) is 10.3. The molecule has 0 spiro atoms. The van der Waals surface area contributed by atoms with E-state index in [0.29, 0.717) is 38.0 Å². The third-order valence-corrected chi connectivity index (χ3v) is 5.76. The number of hydrogen-bond donors (Lipinski definition) is 3. The van der Waals surface area contributed by atoms with Gasteiger partial charge in [-0.2, -0.15) is 5.10 Å². The lowest BCUT2D eigenvalue weighted by Crippen LogP contribution is -2.07. The average molecular weight is 452 g/mol. The average Bonchev–Trinajstić information content (AvgIpc) is 3.51. The summed E-state index contributed by atoms with van der Waals surface area (Å²) >= 11 is 7.83. The number of rotatable bonds is 5. The second kappa shape index (κ2) is 7.82. The van der Waals surface area contributed by atoms with Crippen molar-refractivity contribution in [1.29, 1.82) is 0 Å². The Morgan fingerprint density at radius 1 is 1.19 bits per heavy atom. The Bertz CT molecular complexity index is 1390. The molecule has 0 aliphatic heterocycles. The van der Waals surface area contributed by atoms with Crippen molar-refractivity contribution in [2.24, 2.45) is 0 Å². The highest BCUT2D eigenvalue weighted by atomic mass is 35.5. The smallest absolute Gasteiger partial charge is 0.227 e. The van der Waals surface area contributed by atoms with Crippen LogP contribution in [0, 0.1) is 0 Å². The molecule has 5 aromatic rings. The number of halogens is 1. The number of nitrogens with one attached hydrogen (secondary N) is 3. The van der Waals surface area contributed by atoms with Crippen LogP contribution in [0.3, 0.4) is 0 Å². The summed E-state index contributed by atoms with van der Waals surface area (Å²) in [5.41, 5.74) is 3.60. The van der Waals surface area contributed by atoms with Crippen LogP contribution >= 0.6 is 22.9 Å². The summed E-state index contributed by atoms with van der Waals surface area (Å²) in [6.07, 6.45) is 4.71. The van der Waals surface area contributed by atoms with E-state index in [9.17, 15) is 4.79 Å². The Morgan fingerprint density at radius 2 is 2.10 bits per heavy atom. The fourth-order valence-corrected chi connectivity index (χ4v) is 4.11. The Kier molecular flexibility index (Phi) is 4.85. The number of nitrogens with zero attached hydrogens (tertiary/aromatic N) is 4. The minimum Gasteiger partial charge on any atom is -0.444 e. The van der Waals surface area contributed by atoms with Crippen molar-refractivity contribution in [3.8, 4) is 22.0 Å². The molecule has 0 saturated carbocycles. The molecule has 0 atom stereocenters. The summed E-state index contributed by atoms with van der Waals surface area (Å²) in [6, 6.07) is 9.25. The van der Waals surface area contributed by atoms with Crippen molar-refractivity contribution in [3.05, 3.63) is 54.0 Å². The van der Waals surface area contributed by atoms with Gasteiger partial charge in [0, 0.05) is 17.9 Å². The first-order valence-electron chi connectivity index (χ1n) is 9.12. The summed E-state index contributed by atoms with van der Waals surface area (Å²) in [5.74, 6) is 0.216. The maximum atomic E-state index is 11.7. The van der Waals surface area contributed by atoms with E-state index in [4.69, 9.17) is 16.0 Å². The minimum absolute atomic E-state index is 0.200. The van der Waals surface area contributed by atoms with Gasteiger partial charge in [0.1, 0.15) is 11.3 Å². The standard InChI is InChI=1S/C20H14ClN7O2S/c1-10(29)24-16-8-11(2-3-12(16)18-22-6-7-30-18)19-27-28-20(31-19)25-15-5-4-14-13(17(15)21)9-23-26-14/h2-9H,1H3,(H,23,26)(H,24,29)(H,25,28). The molecule has 0 radical (unpaired) electrons. The molecule has 5 rings (SSSR count). The Hall–Kier alpha value is -3.76. The van der Waals surface area contributed by atoms with Crippen LogP contribution in [0.1, 0.15) is 6.92 Å². The van der Waals surface area contributed by atoms with Crippen molar-refractivity contribution in [1.82, 2.24) is 25.4 Å². The Balaban J connectivity index is 1.46. The van der Waals surface area contributed by atoms with Crippen LogP contribution in [0.25, 0.3) is 32.9 Å². The van der Waals surface area contributed by atoms with Crippen LogP contribution in [-0.4, -0.2) is 31.3 Å². The lowest BCUT2D eigenvalue weighted by molar-refractivity contribution is -0.114. The van der Waals surface area contributed by atoms with Gasteiger partial charge >= 0.3 is 0 Å². The predicted octanol–water partition coefficient (Wildman–Crippen LogP) is 5.09. The van der Waals surface area contributed by atoms with Gasteiger partial charge in [0.2, 0.25) is 16.9 Å². The number of oxazole rings is 1. The van der Waals surface area contributed by atoms with Gasteiger partial charge < -0.3 is 15.1 Å². The molecule has 1 amide bonds. The fraction of sp³-hybridized carbons (Fsp3) is 0.0500. The summed E-state index contributed by atoms with van der Waals surface area (Å²) in [4.78, 5) is 15.8. The highest BCUT2D eigenvalue weighted by molar-refractivity contribution is 7.18. The SMILES string of the molecule is CC(=O)Nc1cc(-c2nnc(Nc3ccc4[nH]ncc4c3Cl)s2)ccc1-c1ncco1. The molecule has 154 valence electrons. The van der Waals surface area contributed by atoms with Crippen molar-refractivity contribution < 1.29 is 9.21 Å². The van der Waals surface area contributed by atoms with Crippen LogP contribution < -0.4 is 10.6 Å². The van der Waals surface area contributed by atoms with Crippen LogP contribution in [0.5, 0.6) is 0 Å². The van der Waals surface area contributed by atoms with E-state index in [-0.39, 0.29) is 5.91 Å². The number of benzene rings is 2. The molecule has 0 bridgehead atoms. The number of hydrogen-bond acceptors (Lipinski definition) is 8. The van der Waals surface area contributed by atoms with Gasteiger partial charge in [0.15, 0.2) is 0 Å². The third kappa shape index (κ3) is 3.74. The first-order chi connectivity index (χ1) is 15.1. The first kappa shape index (κ1) is 19.2. The zero-order valence-corrected chi connectivity index (χ0v) is 17.6. The van der Waals surface area contributed by atoms with Gasteiger partial charge in [0.25, 0.3) is 0 Å². The Morgan fingerprint density at radius 3 is 2.90 bits per heavy atom. The van der Waals surface area contributed by atoms with E-state index in [1.165, 1.54) is 24.5 Å². The summed E-state index contributed by atoms with van der Waals surface area (Å²) < 4.78 is 5.38. The lowest BCUT2D eigenvalue weighted by atomic mass is 10.1. The summed E-state index contributed by atoms with van der Waals surface area (Å²) in [6.45, 7) is 1.44. The van der Waals surface area contributed by atoms with Gasteiger partial charge in [-0.1, -0.05) is 29.0 Å². The van der Waals surface area contributed by atoms with Crippen molar-refractivity contribution in [2.45, 2.75) is 6.92 Å². The number of fused-ring (bicyclic) bond motifs is 1. The topological polar surface area (TPSA) is 122 Å². The largest absolute Gasteiger partial charge is 0.444 e. The number of aromatic nitrogens is 5. The molecule has 3 heterocycles. The molecule has 0 unspecified atom stereocenters. The molecule has 2 aromatic carbocycles. The number of aromatic amines is 1. The van der Waals surface area contributed by atoms with Gasteiger partial charge in [-0.05, 0) is 24.3 Å². The molecule has 31 heavy (non-hydrogen) atoms. The molecule has 9 nitrogen and oxygen atoms in total. The number of carbonyl (C=O) groups excluding carboxylic acids is 1.